The summed E-state index contributed by atoms with van der Waals surface area (Å²) >= 11 is 0. The zero-order valence-corrected chi connectivity index (χ0v) is 20.2. The lowest BCUT2D eigenvalue weighted by Crippen LogP contribution is -2.38. The molecule has 0 aliphatic carbocycles. The molecule has 1 unspecified atom stereocenters. The van der Waals surface area contributed by atoms with Gasteiger partial charge in [0.1, 0.15) is 11.2 Å². The number of ketones is 1. The Morgan fingerprint density at radius 2 is 1.54 bits per heavy atom. The van der Waals surface area contributed by atoms with Gasteiger partial charge in [-0.15, -0.1) is 0 Å². The first-order chi connectivity index (χ1) is 17.6. The molecule has 0 saturated heterocycles. The molecule has 0 amide bonds. The van der Waals surface area contributed by atoms with Gasteiger partial charge in [-0.25, -0.2) is 4.39 Å². The maximum Gasteiger partial charge on any atom is 0.318 e. The van der Waals surface area contributed by atoms with Gasteiger partial charge in [0.2, 0.25) is 0 Å². The summed E-state index contributed by atoms with van der Waals surface area (Å²) in [5.74, 6) is -2.70. The summed E-state index contributed by atoms with van der Waals surface area (Å²) in [6.45, 7) is 0. The summed E-state index contributed by atoms with van der Waals surface area (Å²) in [7, 11) is 0. The predicted molar refractivity (Wildman–Crippen MR) is 141 cm³/mol. The van der Waals surface area contributed by atoms with Crippen LogP contribution in [0, 0.1) is 5.82 Å². The molecule has 3 aromatic carbocycles. The highest BCUT2D eigenvalue weighted by Gasteiger charge is 2.43. The number of hydrogen-bond donors (Lipinski definition) is 4. The number of hydrogen-bond acceptors (Lipinski definition) is 5. The maximum absolute atomic E-state index is 13.1. The van der Waals surface area contributed by atoms with Crippen LogP contribution in [0.4, 0.5) is 15.8 Å². The van der Waals surface area contributed by atoms with Crippen molar-refractivity contribution in [1.29, 1.82) is 0 Å². The number of carboxylic acid groups (broad SMARTS) is 2. The average molecular weight is 505 g/mol. The average Bonchev–Trinajstić information content (AvgIpc) is 2.86. The van der Waals surface area contributed by atoms with E-state index in [0.717, 1.165) is 0 Å². The van der Waals surface area contributed by atoms with E-state index in [-0.39, 0.29) is 24.3 Å². The van der Waals surface area contributed by atoms with Crippen LogP contribution in [0.3, 0.4) is 0 Å². The minimum absolute atomic E-state index is 0.0156. The second kappa shape index (κ2) is 12.0. The third-order valence-electron chi connectivity index (χ3n) is 6.30. The van der Waals surface area contributed by atoms with E-state index in [9.17, 15) is 23.9 Å². The molecule has 37 heavy (non-hydrogen) atoms. The first-order valence-electron chi connectivity index (χ1n) is 11.8. The summed E-state index contributed by atoms with van der Waals surface area (Å²) in [6, 6.07) is 16.8. The quantitative estimate of drug-likeness (QED) is 0.113. The monoisotopic (exact) mass is 504 g/mol. The Balaban J connectivity index is 1.92. The molecule has 0 aliphatic rings. The third-order valence-corrected chi connectivity index (χ3v) is 6.30. The molecule has 1 atom stereocenters. The second-order valence-electron chi connectivity index (χ2n) is 8.84. The summed E-state index contributed by atoms with van der Waals surface area (Å²) < 4.78 is 13.1. The number of anilines is 2. The van der Waals surface area contributed by atoms with Gasteiger partial charge in [-0.2, -0.15) is 0 Å². The number of aliphatic carboxylic acids is 2. The Labute approximate surface area is 214 Å². The van der Waals surface area contributed by atoms with Crippen molar-refractivity contribution in [3.05, 3.63) is 101 Å². The van der Waals surface area contributed by atoms with Crippen molar-refractivity contribution in [2.75, 3.05) is 11.5 Å². The van der Waals surface area contributed by atoms with Crippen LogP contribution in [-0.2, 0) is 15.0 Å². The Hall–Kier alpha value is -4.46. The number of allylic oxidation sites excluding steroid dienone is 1. The van der Waals surface area contributed by atoms with E-state index in [1.165, 1.54) is 36.4 Å². The molecule has 0 aromatic heterocycles. The highest BCUT2D eigenvalue weighted by Crippen LogP contribution is 2.41. The van der Waals surface area contributed by atoms with Gasteiger partial charge in [0, 0.05) is 23.4 Å². The fourth-order valence-electron chi connectivity index (χ4n) is 4.35. The summed E-state index contributed by atoms with van der Waals surface area (Å²) in [4.78, 5) is 36.1. The molecule has 0 heterocycles. The molecule has 0 radical (unpaired) electrons. The van der Waals surface area contributed by atoms with Crippen LogP contribution >= 0.6 is 0 Å². The molecule has 0 aliphatic heterocycles. The first-order valence-corrected chi connectivity index (χ1v) is 11.8. The fraction of sp³-hybridized carbons (Fsp3) is 0.207. The number of rotatable bonds is 12. The molecule has 8 heteroatoms. The number of benzene rings is 3. The Kier molecular flexibility index (Phi) is 8.79. The van der Waals surface area contributed by atoms with Crippen molar-refractivity contribution < 1.29 is 29.0 Å². The SMILES string of the molecule is Nc1ccc(C(CCCCCC(=O)O)(C(=O)O)c2ccc(/C=C/C(=O)c3ccc(F)cc3)cc2)c(N)c1. The van der Waals surface area contributed by atoms with Crippen LogP contribution in [0.15, 0.2) is 72.8 Å². The Morgan fingerprint density at radius 3 is 2.14 bits per heavy atom. The molecule has 6 N–H and O–H groups in total. The minimum Gasteiger partial charge on any atom is -0.481 e. The van der Waals surface area contributed by atoms with Crippen LogP contribution in [0.2, 0.25) is 0 Å². The zero-order valence-electron chi connectivity index (χ0n) is 20.2. The van der Waals surface area contributed by atoms with E-state index in [0.29, 0.717) is 47.2 Å². The molecule has 0 saturated carbocycles. The van der Waals surface area contributed by atoms with Gasteiger partial charge in [0.05, 0.1) is 0 Å². The molecule has 7 nitrogen and oxygen atoms in total. The molecular weight excluding hydrogens is 475 g/mol. The number of halogens is 1. The van der Waals surface area contributed by atoms with Crippen molar-refractivity contribution in [3.8, 4) is 0 Å². The van der Waals surface area contributed by atoms with E-state index in [4.69, 9.17) is 16.6 Å². The first kappa shape index (κ1) is 27.1. The fourth-order valence-corrected chi connectivity index (χ4v) is 4.35. The van der Waals surface area contributed by atoms with E-state index in [1.807, 2.05) is 0 Å². The van der Waals surface area contributed by atoms with Crippen molar-refractivity contribution in [2.45, 2.75) is 37.5 Å². The molecule has 3 rings (SSSR count). The van der Waals surface area contributed by atoms with E-state index in [1.54, 1.807) is 42.5 Å². The molecule has 192 valence electrons. The van der Waals surface area contributed by atoms with Crippen molar-refractivity contribution >= 4 is 35.2 Å². The third kappa shape index (κ3) is 6.61. The van der Waals surface area contributed by atoms with Crippen molar-refractivity contribution in [3.63, 3.8) is 0 Å². The van der Waals surface area contributed by atoms with Gasteiger partial charge in [-0.3, -0.25) is 14.4 Å². The molecule has 0 spiro atoms. The Bertz CT molecular complexity index is 1300. The van der Waals surface area contributed by atoms with Gasteiger partial charge in [0.15, 0.2) is 5.78 Å². The lowest BCUT2D eigenvalue weighted by Gasteiger charge is -2.32. The van der Waals surface area contributed by atoms with E-state index in [2.05, 4.69) is 0 Å². The molecular formula is C29H29FN2O5. The lowest BCUT2D eigenvalue weighted by atomic mass is 9.70. The highest BCUT2D eigenvalue weighted by atomic mass is 19.1. The zero-order chi connectivity index (χ0) is 27.0. The van der Waals surface area contributed by atoms with Gasteiger partial charge >= 0.3 is 11.9 Å². The molecule has 0 bridgehead atoms. The standard InChI is InChI=1S/C29H29FN2O5/c30-22-12-8-20(9-13-22)26(33)16-7-19-5-10-21(11-6-19)29(28(36)37,17-3-1-2-4-27(34)35)24-15-14-23(31)18-25(24)32/h5-16,18H,1-4,17,31-32H2,(H,34,35)(H,36,37)/b16-7+. The van der Waals surface area contributed by atoms with Crippen LogP contribution in [0.25, 0.3) is 6.08 Å². The van der Waals surface area contributed by atoms with Crippen molar-refractivity contribution in [2.24, 2.45) is 0 Å². The normalized spacial score (nSPS) is 12.8. The van der Waals surface area contributed by atoms with Gasteiger partial charge in [0.25, 0.3) is 0 Å². The van der Waals surface area contributed by atoms with E-state index < -0.39 is 23.2 Å². The lowest BCUT2D eigenvalue weighted by molar-refractivity contribution is -0.142. The molecule has 0 fully saturated rings. The predicted octanol–water partition coefficient (Wildman–Crippen LogP) is 5.29. The number of carbonyl (C=O) groups excluding carboxylic acids is 1. The summed E-state index contributed by atoms with van der Waals surface area (Å²) in [5, 5.41) is 19.4. The van der Waals surface area contributed by atoms with Crippen molar-refractivity contribution in [1.82, 2.24) is 0 Å². The Morgan fingerprint density at radius 1 is 0.865 bits per heavy atom. The number of carbonyl (C=O) groups is 3. The van der Waals surface area contributed by atoms with Gasteiger partial charge in [-0.05, 0) is 72.0 Å². The van der Waals surface area contributed by atoms with Crippen LogP contribution < -0.4 is 11.5 Å². The number of nitrogen functional groups attached to an aromatic ring is 2. The van der Waals surface area contributed by atoms with Crippen LogP contribution in [-0.4, -0.2) is 27.9 Å². The van der Waals surface area contributed by atoms with Gasteiger partial charge in [-0.1, -0.05) is 49.2 Å². The maximum atomic E-state index is 13.1. The highest BCUT2D eigenvalue weighted by molar-refractivity contribution is 6.06. The number of carboxylic acids is 2. The second-order valence-corrected chi connectivity index (χ2v) is 8.84. The van der Waals surface area contributed by atoms with Crippen LogP contribution in [0.5, 0.6) is 0 Å². The minimum atomic E-state index is -1.48. The van der Waals surface area contributed by atoms with Gasteiger partial charge < -0.3 is 21.7 Å². The number of unbranched alkanes of at least 4 members (excludes halogenated alkanes) is 2. The summed E-state index contributed by atoms with van der Waals surface area (Å²) in [5.41, 5.74) is 13.2. The van der Waals surface area contributed by atoms with Crippen LogP contribution in [0.1, 0.15) is 59.2 Å². The smallest absolute Gasteiger partial charge is 0.318 e. The summed E-state index contributed by atoms with van der Waals surface area (Å²) in [6.07, 6.45) is 4.64. The largest absolute Gasteiger partial charge is 0.481 e. The topological polar surface area (TPSA) is 144 Å². The van der Waals surface area contributed by atoms with E-state index >= 15 is 0 Å². The number of nitrogens with two attached hydrogens (primary N) is 2. The molecule has 3 aromatic rings.